The van der Waals surface area contributed by atoms with Crippen molar-refractivity contribution in [3.63, 3.8) is 0 Å². The number of aryl methyl sites for hydroxylation is 2. The lowest BCUT2D eigenvalue weighted by Crippen LogP contribution is -2.12. The van der Waals surface area contributed by atoms with Crippen LogP contribution in [0.25, 0.3) is 0 Å². The summed E-state index contributed by atoms with van der Waals surface area (Å²) in [5, 5.41) is 0. The molecule has 0 fully saturated rings. The molecule has 2 N–H and O–H groups in total. The Bertz CT molecular complexity index is 299. The molecule has 1 aliphatic heterocycles. The Kier molecular flexibility index (Phi) is 1.68. The molecule has 1 unspecified atom stereocenters. The van der Waals surface area contributed by atoms with Gasteiger partial charge in [-0.15, -0.1) is 0 Å². The van der Waals surface area contributed by atoms with E-state index in [1.807, 2.05) is 13.8 Å². The predicted molar refractivity (Wildman–Crippen MR) is 47.9 cm³/mol. The van der Waals surface area contributed by atoms with Gasteiger partial charge in [0, 0.05) is 19.0 Å². The van der Waals surface area contributed by atoms with E-state index in [2.05, 4.69) is 9.55 Å². The van der Waals surface area contributed by atoms with Crippen molar-refractivity contribution < 1.29 is 0 Å². The van der Waals surface area contributed by atoms with Gasteiger partial charge in [-0.25, -0.2) is 4.98 Å². The summed E-state index contributed by atoms with van der Waals surface area (Å²) < 4.78 is 2.28. The summed E-state index contributed by atoms with van der Waals surface area (Å²) in [4.78, 5) is 4.50. The fourth-order valence-corrected chi connectivity index (χ4v) is 2.06. The fourth-order valence-electron chi connectivity index (χ4n) is 2.06. The number of fused-ring (bicyclic) bond motifs is 1. The van der Waals surface area contributed by atoms with Crippen LogP contribution >= 0.6 is 0 Å². The standard InChI is InChI=1S/C9H15N3/c1-6(10)9-7(2)11-8-4-3-5-12(8)9/h6H,3-5,10H2,1-2H3. The number of aromatic nitrogens is 2. The normalized spacial score (nSPS) is 17.9. The zero-order valence-electron chi connectivity index (χ0n) is 7.67. The lowest BCUT2D eigenvalue weighted by atomic mass is 10.2. The van der Waals surface area contributed by atoms with Crippen molar-refractivity contribution in [3.8, 4) is 0 Å². The first-order valence-electron chi connectivity index (χ1n) is 4.51. The second-order valence-corrected chi connectivity index (χ2v) is 3.54. The van der Waals surface area contributed by atoms with Gasteiger partial charge in [-0.2, -0.15) is 0 Å². The third-order valence-corrected chi connectivity index (χ3v) is 2.48. The van der Waals surface area contributed by atoms with Crippen LogP contribution in [-0.4, -0.2) is 9.55 Å². The highest BCUT2D eigenvalue weighted by Crippen LogP contribution is 2.23. The molecule has 0 amide bonds. The Labute approximate surface area is 72.6 Å². The second-order valence-electron chi connectivity index (χ2n) is 3.54. The van der Waals surface area contributed by atoms with E-state index in [0.29, 0.717) is 0 Å². The average molecular weight is 165 g/mol. The summed E-state index contributed by atoms with van der Waals surface area (Å²) in [6.45, 7) is 5.17. The minimum atomic E-state index is 0.115. The SMILES string of the molecule is Cc1nc2n(c1C(C)N)CCC2. The zero-order valence-corrected chi connectivity index (χ0v) is 7.67. The zero-order chi connectivity index (χ0) is 8.72. The molecule has 0 bridgehead atoms. The third kappa shape index (κ3) is 0.966. The van der Waals surface area contributed by atoms with Crippen LogP contribution in [-0.2, 0) is 13.0 Å². The fraction of sp³-hybridized carbons (Fsp3) is 0.667. The molecular weight excluding hydrogens is 150 g/mol. The van der Waals surface area contributed by atoms with Gasteiger partial charge >= 0.3 is 0 Å². The van der Waals surface area contributed by atoms with Crippen LogP contribution in [0, 0.1) is 6.92 Å². The van der Waals surface area contributed by atoms with E-state index < -0.39 is 0 Å². The molecule has 0 aromatic carbocycles. The number of hydrogen-bond acceptors (Lipinski definition) is 2. The molecule has 1 aromatic rings. The quantitative estimate of drug-likeness (QED) is 0.678. The van der Waals surface area contributed by atoms with E-state index in [1.54, 1.807) is 0 Å². The molecule has 12 heavy (non-hydrogen) atoms. The van der Waals surface area contributed by atoms with E-state index in [4.69, 9.17) is 5.73 Å². The van der Waals surface area contributed by atoms with Gasteiger partial charge in [0.25, 0.3) is 0 Å². The highest BCUT2D eigenvalue weighted by Gasteiger charge is 2.20. The van der Waals surface area contributed by atoms with Gasteiger partial charge in [-0.05, 0) is 20.3 Å². The number of imidazole rings is 1. The molecule has 1 aromatic heterocycles. The molecule has 66 valence electrons. The van der Waals surface area contributed by atoms with Crippen LogP contribution in [0.2, 0.25) is 0 Å². The largest absolute Gasteiger partial charge is 0.330 e. The van der Waals surface area contributed by atoms with Crippen molar-refractivity contribution in [1.29, 1.82) is 0 Å². The molecule has 1 atom stereocenters. The summed E-state index contributed by atoms with van der Waals surface area (Å²) in [5.74, 6) is 1.22. The highest BCUT2D eigenvalue weighted by molar-refractivity contribution is 5.20. The van der Waals surface area contributed by atoms with Crippen LogP contribution in [0.3, 0.4) is 0 Å². The van der Waals surface area contributed by atoms with Crippen molar-refractivity contribution in [2.24, 2.45) is 5.73 Å². The molecule has 3 heteroatoms. The van der Waals surface area contributed by atoms with E-state index in [0.717, 1.165) is 18.7 Å². The number of nitrogens with two attached hydrogens (primary N) is 1. The van der Waals surface area contributed by atoms with Crippen molar-refractivity contribution in [2.75, 3.05) is 0 Å². The Hall–Kier alpha value is -0.830. The molecule has 0 spiro atoms. The van der Waals surface area contributed by atoms with Gasteiger partial charge in [-0.3, -0.25) is 0 Å². The molecule has 0 saturated heterocycles. The molecule has 1 aliphatic rings. The Morgan fingerprint density at radius 3 is 3.00 bits per heavy atom. The van der Waals surface area contributed by atoms with Crippen molar-refractivity contribution in [3.05, 3.63) is 17.2 Å². The van der Waals surface area contributed by atoms with Crippen molar-refractivity contribution in [2.45, 2.75) is 39.3 Å². The maximum atomic E-state index is 5.87. The summed E-state index contributed by atoms with van der Waals surface area (Å²) in [6, 6.07) is 0.115. The van der Waals surface area contributed by atoms with Gasteiger partial charge in [0.05, 0.1) is 11.4 Å². The lowest BCUT2D eigenvalue weighted by molar-refractivity contribution is 0.652. The van der Waals surface area contributed by atoms with Crippen LogP contribution in [0.4, 0.5) is 0 Å². The van der Waals surface area contributed by atoms with E-state index in [-0.39, 0.29) is 6.04 Å². The van der Waals surface area contributed by atoms with E-state index in [9.17, 15) is 0 Å². The second kappa shape index (κ2) is 2.59. The Morgan fingerprint density at radius 1 is 1.58 bits per heavy atom. The smallest absolute Gasteiger partial charge is 0.109 e. The third-order valence-electron chi connectivity index (χ3n) is 2.48. The molecule has 3 nitrogen and oxygen atoms in total. The van der Waals surface area contributed by atoms with Crippen LogP contribution in [0.1, 0.15) is 36.6 Å². The average Bonchev–Trinajstić information content (AvgIpc) is 2.44. The van der Waals surface area contributed by atoms with Crippen LogP contribution < -0.4 is 5.73 Å². The predicted octanol–water partition coefficient (Wildman–Crippen LogP) is 1.16. The van der Waals surface area contributed by atoms with Gasteiger partial charge in [0.15, 0.2) is 0 Å². The Morgan fingerprint density at radius 2 is 2.33 bits per heavy atom. The maximum Gasteiger partial charge on any atom is 0.109 e. The van der Waals surface area contributed by atoms with Gasteiger partial charge < -0.3 is 10.3 Å². The molecule has 2 rings (SSSR count). The molecule has 2 heterocycles. The minimum Gasteiger partial charge on any atom is -0.330 e. The van der Waals surface area contributed by atoms with Crippen LogP contribution in [0.5, 0.6) is 0 Å². The number of nitrogens with zero attached hydrogens (tertiary/aromatic N) is 2. The summed E-state index contributed by atoms with van der Waals surface area (Å²) in [5.41, 5.74) is 8.21. The van der Waals surface area contributed by atoms with Crippen molar-refractivity contribution in [1.82, 2.24) is 9.55 Å². The lowest BCUT2D eigenvalue weighted by Gasteiger charge is -2.08. The molecule has 0 saturated carbocycles. The molecule has 0 aliphatic carbocycles. The van der Waals surface area contributed by atoms with Crippen molar-refractivity contribution >= 4 is 0 Å². The summed E-state index contributed by atoms with van der Waals surface area (Å²) in [6.07, 6.45) is 2.34. The van der Waals surface area contributed by atoms with E-state index >= 15 is 0 Å². The first-order valence-corrected chi connectivity index (χ1v) is 4.51. The monoisotopic (exact) mass is 165 g/mol. The topological polar surface area (TPSA) is 43.8 Å². The molecular formula is C9H15N3. The highest BCUT2D eigenvalue weighted by atomic mass is 15.1. The van der Waals surface area contributed by atoms with Crippen LogP contribution in [0.15, 0.2) is 0 Å². The number of rotatable bonds is 1. The minimum absolute atomic E-state index is 0.115. The summed E-state index contributed by atoms with van der Waals surface area (Å²) >= 11 is 0. The van der Waals surface area contributed by atoms with E-state index in [1.165, 1.54) is 17.9 Å². The maximum absolute atomic E-state index is 5.87. The summed E-state index contributed by atoms with van der Waals surface area (Å²) in [7, 11) is 0. The first kappa shape index (κ1) is 7.80. The first-order chi connectivity index (χ1) is 5.70. The Balaban J connectivity index is 2.52. The van der Waals surface area contributed by atoms with Gasteiger partial charge in [-0.1, -0.05) is 0 Å². The number of hydrogen-bond donors (Lipinski definition) is 1. The van der Waals surface area contributed by atoms with Gasteiger partial charge in [0.2, 0.25) is 0 Å². The van der Waals surface area contributed by atoms with Gasteiger partial charge in [0.1, 0.15) is 5.82 Å². The molecule has 0 radical (unpaired) electrons.